The maximum absolute atomic E-state index is 11.4. The van der Waals surface area contributed by atoms with Gasteiger partial charge in [-0.1, -0.05) is 32.6 Å². The number of hydrogen-bond donors (Lipinski definition) is 4. The summed E-state index contributed by atoms with van der Waals surface area (Å²) >= 11 is 0. The van der Waals surface area contributed by atoms with Crippen molar-refractivity contribution in [1.29, 1.82) is 0 Å². The average molecular weight is 415 g/mol. The summed E-state index contributed by atoms with van der Waals surface area (Å²) in [4.78, 5) is 13.9. The highest BCUT2D eigenvalue weighted by Crippen LogP contribution is 2.31. The van der Waals surface area contributed by atoms with Crippen LogP contribution in [0, 0.1) is 5.92 Å². The maximum atomic E-state index is 11.4. The van der Waals surface area contributed by atoms with E-state index < -0.39 is 13.1 Å². The van der Waals surface area contributed by atoms with Crippen molar-refractivity contribution in [2.24, 2.45) is 5.92 Å². The summed E-state index contributed by atoms with van der Waals surface area (Å²) in [5, 5.41) is 26.5. The molecule has 1 aromatic carbocycles. The van der Waals surface area contributed by atoms with Crippen LogP contribution in [0.3, 0.4) is 0 Å². The molecule has 0 bridgehead atoms. The fourth-order valence-corrected chi connectivity index (χ4v) is 4.31. The van der Waals surface area contributed by atoms with Crippen LogP contribution in [0.5, 0.6) is 5.75 Å². The highest BCUT2D eigenvalue weighted by atomic mass is 16.5. The summed E-state index contributed by atoms with van der Waals surface area (Å²) in [7, 11) is -1.11. The van der Waals surface area contributed by atoms with Gasteiger partial charge in [-0.2, -0.15) is 0 Å². The molecule has 0 aromatic heterocycles. The van der Waals surface area contributed by atoms with Gasteiger partial charge in [0, 0.05) is 24.8 Å². The van der Waals surface area contributed by atoms with Gasteiger partial charge in [0.15, 0.2) is 0 Å². The van der Waals surface area contributed by atoms with Crippen LogP contribution < -0.4 is 15.3 Å². The summed E-state index contributed by atoms with van der Waals surface area (Å²) in [6, 6.07) is 5.57. The second-order valence-electron chi connectivity index (χ2n) is 8.76. The number of para-hydroxylation sites is 1. The number of nitrogens with one attached hydrogen (secondary N) is 2. The van der Waals surface area contributed by atoms with E-state index in [1.807, 2.05) is 6.07 Å². The molecule has 30 heavy (non-hydrogen) atoms. The molecule has 3 rings (SSSR count). The molecular formula is C22H34BN3O4. The molecule has 164 valence electrons. The van der Waals surface area contributed by atoms with Gasteiger partial charge in [-0.3, -0.25) is 0 Å². The van der Waals surface area contributed by atoms with Crippen LogP contribution >= 0.6 is 0 Å². The minimum absolute atomic E-state index is 0.0826. The SMILES string of the molecule is C=C(CC1CCN(CCNC(C)C)CC1)NC1Cc2cccc(C(=O)O)c2OB1O. The van der Waals surface area contributed by atoms with E-state index in [-0.39, 0.29) is 17.3 Å². The Labute approximate surface area is 179 Å². The summed E-state index contributed by atoms with van der Waals surface area (Å²) in [5.41, 5.74) is 1.77. The highest BCUT2D eigenvalue weighted by molar-refractivity contribution is 6.46. The number of hydrogen-bond acceptors (Lipinski definition) is 6. The lowest BCUT2D eigenvalue weighted by atomic mass is 9.72. The van der Waals surface area contributed by atoms with Gasteiger partial charge in [0.2, 0.25) is 0 Å². The molecule has 2 aliphatic heterocycles. The van der Waals surface area contributed by atoms with Crippen LogP contribution in [0.4, 0.5) is 0 Å². The number of piperidine rings is 1. The van der Waals surface area contributed by atoms with Crippen LogP contribution in [0.15, 0.2) is 30.5 Å². The van der Waals surface area contributed by atoms with E-state index in [4.69, 9.17) is 4.65 Å². The predicted molar refractivity (Wildman–Crippen MR) is 119 cm³/mol. The average Bonchev–Trinajstić information content (AvgIpc) is 2.69. The lowest BCUT2D eigenvalue weighted by molar-refractivity contribution is 0.0694. The maximum Gasteiger partial charge on any atom is 0.546 e. The van der Waals surface area contributed by atoms with E-state index in [0.717, 1.165) is 56.7 Å². The molecule has 0 spiro atoms. The number of carboxylic acids is 1. The van der Waals surface area contributed by atoms with Gasteiger partial charge in [-0.25, -0.2) is 4.79 Å². The van der Waals surface area contributed by atoms with Crippen molar-refractivity contribution in [2.45, 2.75) is 51.5 Å². The quantitative estimate of drug-likeness (QED) is 0.458. The Morgan fingerprint density at radius 2 is 2.10 bits per heavy atom. The standard InChI is InChI=1S/C22H34BN3O4/c1-15(2)24-9-12-26-10-7-17(8-11-26)13-16(3)25-20-14-18-5-4-6-19(22(27)28)21(18)30-23(20)29/h4-6,15,17,20,24-25,29H,3,7-14H2,1-2H3,(H,27,28). The first-order valence-electron chi connectivity index (χ1n) is 10.9. The zero-order valence-electron chi connectivity index (χ0n) is 18.1. The van der Waals surface area contributed by atoms with Gasteiger partial charge in [0.05, 0.1) is 11.5 Å². The second kappa shape index (κ2) is 10.3. The van der Waals surface area contributed by atoms with Crippen molar-refractivity contribution >= 4 is 13.1 Å². The van der Waals surface area contributed by atoms with Crippen molar-refractivity contribution in [3.05, 3.63) is 41.6 Å². The number of fused-ring (bicyclic) bond motifs is 1. The van der Waals surface area contributed by atoms with Crippen LogP contribution in [0.25, 0.3) is 0 Å². The first kappa shape index (κ1) is 22.7. The predicted octanol–water partition coefficient (Wildman–Crippen LogP) is 1.91. The molecule has 0 radical (unpaired) electrons. The number of carbonyl (C=O) groups is 1. The van der Waals surface area contributed by atoms with Gasteiger partial charge in [0.25, 0.3) is 0 Å². The number of benzene rings is 1. The van der Waals surface area contributed by atoms with Crippen molar-refractivity contribution < 1.29 is 19.6 Å². The van der Waals surface area contributed by atoms with Crippen LogP contribution in [-0.4, -0.2) is 66.3 Å². The summed E-state index contributed by atoms with van der Waals surface area (Å²) in [6.45, 7) is 12.8. The zero-order valence-corrected chi connectivity index (χ0v) is 18.1. The molecule has 2 aliphatic rings. The fourth-order valence-electron chi connectivity index (χ4n) is 4.31. The van der Waals surface area contributed by atoms with E-state index in [0.29, 0.717) is 18.4 Å². The first-order chi connectivity index (χ1) is 14.3. The number of nitrogens with zero attached hydrogens (tertiary/aromatic N) is 1. The molecule has 1 fully saturated rings. The minimum Gasteiger partial charge on any atom is -0.534 e. The van der Waals surface area contributed by atoms with Crippen LogP contribution in [0.1, 0.15) is 49.0 Å². The summed E-state index contributed by atoms with van der Waals surface area (Å²) < 4.78 is 5.55. The molecule has 8 heteroatoms. The first-order valence-corrected chi connectivity index (χ1v) is 10.9. The van der Waals surface area contributed by atoms with Gasteiger partial charge in [-0.05, 0) is 56.3 Å². The molecule has 1 saturated heterocycles. The third-order valence-electron chi connectivity index (χ3n) is 5.96. The van der Waals surface area contributed by atoms with Crippen molar-refractivity contribution in [2.75, 3.05) is 26.2 Å². The normalized spacial score (nSPS) is 20.0. The minimum atomic E-state index is -1.11. The monoisotopic (exact) mass is 415 g/mol. The molecule has 7 nitrogen and oxygen atoms in total. The lowest BCUT2D eigenvalue weighted by Gasteiger charge is -2.34. The number of rotatable bonds is 9. The van der Waals surface area contributed by atoms with Crippen LogP contribution in [0.2, 0.25) is 0 Å². The molecule has 2 heterocycles. The molecule has 0 saturated carbocycles. The third-order valence-corrected chi connectivity index (χ3v) is 5.96. The van der Waals surface area contributed by atoms with Crippen molar-refractivity contribution in [3.63, 3.8) is 0 Å². The van der Waals surface area contributed by atoms with E-state index in [9.17, 15) is 14.9 Å². The van der Waals surface area contributed by atoms with E-state index in [1.54, 1.807) is 6.07 Å². The number of carboxylic acid groups (broad SMARTS) is 1. The Bertz CT molecular complexity index is 750. The van der Waals surface area contributed by atoms with Gasteiger partial charge in [0.1, 0.15) is 5.75 Å². The molecule has 1 atom stereocenters. The van der Waals surface area contributed by atoms with E-state index in [2.05, 4.69) is 36.0 Å². The van der Waals surface area contributed by atoms with Gasteiger partial charge >= 0.3 is 13.1 Å². The van der Waals surface area contributed by atoms with Crippen molar-refractivity contribution in [3.8, 4) is 5.75 Å². The Morgan fingerprint density at radius 3 is 2.77 bits per heavy atom. The molecule has 0 amide bonds. The third kappa shape index (κ3) is 6.00. The zero-order chi connectivity index (χ0) is 21.7. The number of allylic oxidation sites excluding steroid dienone is 1. The topological polar surface area (TPSA) is 94.1 Å². The Balaban J connectivity index is 1.46. The Kier molecular flexibility index (Phi) is 7.80. The Hall–Kier alpha value is -2.03. The van der Waals surface area contributed by atoms with E-state index in [1.165, 1.54) is 6.07 Å². The number of likely N-dealkylation sites (tertiary alicyclic amines) is 1. The lowest BCUT2D eigenvalue weighted by Crippen LogP contribution is -2.51. The van der Waals surface area contributed by atoms with Crippen LogP contribution in [-0.2, 0) is 6.42 Å². The molecule has 1 unspecified atom stereocenters. The molecule has 4 N–H and O–H groups in total. The molecular weight excluding hydrogens is 381 g/mol. The summed E-state index contributed by atoms with van der Waals surface area (Å²) in [5.74, 6) is -0.537. The fraction of sp³-hybridized carbons (Fsp3) is 0.591. The van der Waals surface area contributed by atoms with Gasteiger partial charge < -0.3 is 30.3 Å². The highest BCUT2D eigenvalue weighted by Gasteiger charge is 2.37. The largest absolute Gasteiger partial charge is 0.546 e. The second-order valence-corrected chi connectivity index (χ2v) is 8.76. The van der Waals surface area contributed by atoms with Crippen molar-refractivity contribution in [1.82, 2.24) is 15.5 Å². The Morgan fingerprint density at radius 1 is 1.37 bits per heavy atom. The number of aromatic carboxylic acids is 1. The van der Waals surface area contributed by atoms with Gasteiger partial charge in [-0.15, -0.1) is 0 Å². The van der Waals surface area contributed by atoms with E-state index >= 15 is 0 Å². The smallest absolute Gasteiger partial charge is 0.534 e. The summed E-state index contributed by atoms with van der Waals surface area (Å²) in [6.07, 6.45) is 3.68. The molecule has 0 aliphatic carbocycles. The molecule has 1 aromatic rings.